The molecule has 1 aliphatic carbocycles. The van der Waals surface area contributed by atoms with Gasteiger partial charge in [0.05, 0.1) is 0 Å². The van der Waals surface area contributed by atoms with Gasteiger partial charge in [-0.1, -0.05) is 31.4 Å². The van der Waals surface area contributed by atoms with Gasteiger partial charge in [0.2, 0.25) is 0 Å². The first-order valence-corrected chi connectivity index (χ1v) is 7.46. The van der Waals surface area contributed by atoms with Crippen molar-refractivity contribution in [3.63, 3.8) is 0 Å². The molecule has 1 saturated carbocycles. The van der Waals surface area contributed by atoms with E-state index in [9.17, 15) is 4.79 Å². The number of carbonyl (C=O) groups excluding carboxylic acids is 1. The van der Waals surface area contributed by atoms with Crippen molar-refractivity contribution in [3.8, 4) is 0 Å². The second kappa shape index (κ2) is 7.13. The van der Waals surface area contributed by atoms with Crippen molar-refractivity contribution in [2.24, 2.45) is 5.92 Å². The highest BCUT2D eigenvalue weighted by atomic mass is 16.2. The van der Waals surface area contributed by atoms with Crippen LogP contribution in [0, 0.1) is 19.8 Å². The van der Waals surface area contributed by atoms with Crippen molar-refractivity contribution in [2.75, 3.05) is 5.32 Å². The standard InChI is InChI=1S/C17H24N2O/c1-13-10-14(2)12-16(11-13)19-17(20)18-9-8-15-6-4-3-5-7-15/h8-12,15H,3-7H2,1-2H3,(H2,18,19,20)/b9-8+. The first-order chi connectivity index (χ1) is 9.63. The summed E-state index contributed by atoms with van der Waals surface area (Å²) in [4.78, 5) is 11.8. The molecular weight excluding hydrogens is 248 g/mol. The molecule has 1 aliphatic rings. The van der Waals surface area contributed by atoms with E-state index in [-0.39, 0.29) is 6.03 Å². The van der Waals surface area contributed by atoms with Gasteiger partial charge in [0, 0.05) is 11.9 Å². The van der Waals surface area contributed by atoms with Crippen LogP contribution in [-0.2, 0) is 0 Å². The number of hydrogen-bond acceptors (Lipinski definition) is 1. The fourth-order valence-corrected chi connectivity index (χ4v) is 2.80. The number of carbonyl (C=O) groups is 1. The average molecular weight is 272 g/mol. The van der Waals surface area contributed by atoms with Crippen molar-refractivity contribution >= 4 is 11.7 Å². The monoisotopic (exact) mass is 272 g/mol. The third-order valence-corrected chi connectivity index (χ3v) is 3.71. The van der Waals surface area contributed by atoms with Crippen LogP contribution in [-0.4, -0.2) is 6.03 Å². The fourth-order valence-electron chi connectivity index (χ4n) is 2.80. The van der Waals surface area contributed by atoms with Gasteiger partial charge in [0.15, 0.2) is 0 Å². The summed E-state index contributed by atoms with van der Waals surface area (Å²) in [5, 5.41) is 5.65. The van der Waals surface area contributed by atoms with Crippen molar-refractivity contribution < 1.29 is 4.79 Å². The lowest BCUT2D eigenvalue weighted by Gasteiger charge is -2.17. The number of urea groups is 1. The minimum Gasteiger partial charge on any atom is -0.315 e. The summed E-state index contributed by atoms with van der Waals surface area (Å²) >= 11 is 0. The van der Waals surface area contributed by atoms with E-state index in [0.717, 1.165) is 16.8 Å². The zero-order chi connectivity index (χ0) is 14.4. The molecule has 1 aromatic rings. The summed E-state index contributed by atoms with van der Waals surface area (Å²) in [6.45, 7) is 4.05. The van der Waals surface area contributed by atoms with Gasteiger partial charge in [-0.25, -0.2) is 4.79 Å². The Kier molecular flexibility index (Phi) is 5.22. The van der Waals surface area contributed by atoms with Gasteiger partial charge in [0.1, 0.15) is 0 Å². The molecule has 2 N–H and O–H groups in total. The zero-order valence-corrected chi connectivity index (χ0v) is 12.4. The molecule has 0 heterocycles. The lowest BCUT2D eigenvalue weighted by atomic mass is 9.89. The maximum absolute atomic E-state index is 11.8. The molecule has 3 heteroatoms. The molecule has 2 rings (SSSR count). The first kappa shape index (κ1) is 14.6. The summed E-state index contributed by atoms with van der Waals surface area (Å²) in [5.74, 6) is 0.630. The number of hydrogen-bond donors (Lipinski definition) is 2. The maximum Gasteiger partial charge on any atom is 0.323 e. The third-order valence-electron chi connectivity index (χ3n) is 3.71. The Morgan fingerprint density at radius 3 is 2.40 bits per heavy atom. The topological polar surface area (TPSA) is 41.1 Å². The Bertz CT molecular complexity index is 468. The van der Waals surface area contributed by atoms with Crippen LogP contribution in [0.3, 0.4) is 0 Å². The Hall–Kier alpha value is -1.77. The van der Waals surface area contributed by atoms with Crippen LogP contribution in [0.4, 0.5) is 10.5 Å². The molecule has 2 amide bonds. The van der Waals surface area contributed by atoms with Gasteiger partial charge in [-0.15, -0.1) is 0 Å². The molecule has 108 valence electrons. The van der Waals surface area contributed by atoms with Gasteiger partial charge in [-0.3, -0.25) is 0 Å². The van der Waals surface area contributed by atoms with E-state index < -0.39 is 0 Å². The van der Waals surface area contributed by atoms with E-state index in [1.807, 2.05) is 26.0 Å². The van der Waals surface area contributed by atoms with Crippen LogP contribution >= 0.6 is 0 Å². The molecule has 0 spiro atoms. The summed E-state index contributed by atoms with van der Waals surface area (Å²) in [6.07, 6.45) is 10.4. The number of nitrogens with one attached hydrogen (secondary N) is 2. The van der Waals surface area contributed by atoms with E-state index in [4.69, 9.17) is 0 Å². The molecular formula is C17H24N2O. The third kappa shape index (κ3) is 4.72. The average Bonchev–Trinajstić information content (AvgIpc) is 2.38. The molecule has 0 unspecified atom stereocenters. The molecule has 1 aromatic carbocycles. The van der Waals surface area contributed by atoms with E-state index in [1.165, 1.54) is 32.1 Å². The molecule has 0 saturated heterocycles. The molecule has 0 aliphatic heterocycles. The Balaban J connectivity index is 1.81. The lowest BCUT2D eigenvalue weighted by molar-refractivity contribution is 0.255. The van der Waals surface area contributed by atoms with Crippen molar-refractivity contribution in [2.45, 2.75) is 46.0 Å². The highest BCUT2D eigenvalue weighted by Gasteiger charge is 2.09. The quantitative estimate of drug-likeness (QED) is 0.834. The van der Waals surface area contributed by atoms with Gasteiger partial charge < -0.3 is 10.6 Å². The van der Waals surface area contributed by atoms with E-state index in [0.29, 0.717) is 5.92 Å². The summed E-state index contributed by atoms with van der Waals surface area (Å²) in [5.41, 5.74) is 3.14. The van der Waals surface area contributed by atoms with Gasteiger partial charge in [-0.05, 0) is 55.9 Å². The van der Waals surface area contributed by atoms with Crippen LogP contribution < -0.4 is 10.6 Å². The van der Waals surface area contributed by atoms with Crippen LogP contribution in [0.25, 0.3) is 0 Å². The Morgan fingerprint density at radius 2 is 1.75 bits per heavy atom. The number of amides is 2. The van der Waals surface area contributed by atoms with E-state index in [1.54, 1.807) is 6.20 Å². The first-order valence-electron chi connectivity index (χ1n) is 7.46. The van der Waals surface area contributed by atoms with Crippen molar-refractivity contribution in [1.82, 2.24) is 5.32 Å². The fraction of sp³-hybridized carbons (Fsp3) is 0.471. The largest absolute Gasteiger partial charge is 0.323 e. The van der Waals surface area contributed by atoms with Crippen LogP contribution in [0.2, 0.25) is 0 Å². The predicted octanol–water partition coefficient (Wildman–Crippen LogP) is 4.52. The zero-order valence-electron chi connectivity index (χ0n) is 12.4. The number of aryl methyl sites for hydroxylation is 2. The smallest absolute Gasteiger partial charge is 0.315 e. The highest BCUT2D eigenvalue weighted by Crippen LogP contribution is 2.24. The van der Waals surface area contributed by atoms with Crippen LogP contribution in [0.15, 0.2) is 30.5 Å². The molecule has 0 atom stereocenters. The Labute approximate surface area is 121 Å². The molecule has 0 bridgehead atoms. The highest BCUT2D eigenvalue weighted by molar-refractivity contribution is 5.90. The number of benzene rings is 1. The minimum absolute atomic E-state index is 0.179. The Morgan fingerprint density at radius 1 is 1.10 bits per heavy atom. The summed E-state index contributed by atoms with van der Waals surface area (Å²) in [6, 6.07) is 5.85. The molecule has 0 aromatic heterocycles. The second-order valence-electron chi connectivity index (χ2n) is 5.73. The van der Waals surface area contributed by atoms with E-state index >= 15 is 0 Å². The summed E-state index contributed by atoms with van der Waals surface area (Å²) in [7, 11) is 0. The van der Waals surface area contributed by atoms with Gasteiger partial charge >= 0.3 is 6.03 Å². The van der Waals surface area contributed by atoms with Crippen molar-refractivity contribution in [1.29, 1.82) is 0 Å². The SMILES string of the molecule is Cc1cc(C)cc(NC(=O)N/C=C/C2CCCCC2)c1. The minimum atomic E-state index is -0.179. The van der Waals surface area contributed by atoms with Crippen LogP contribution in [0.5, 0.6) is 0 Å². The molecule has 20 heavy (non-hydrogen) atoms. The normalized spacial score (nSPS) is 16.3. The van der Waals surface area contributed by atoms with Gasteiger partial charge in [-0.2, -0.15) is 0 Å². The maximum atomic E-state index is 11.8. The lowest BCUT2D eigenvalue weighted by Crippen LogP contribution is -2.24. The van der Waals surface area contributed by atoms with Crippen molar-refractivity contribution in [3.05, 3.63) is 41.6 Å². The second-order valence-corrected chi connectivity index (χ2v) is 5.73. The summed E-state index contributed by atoms with van der Waals surface area (Å²) < 4.78 is 0. The molecule has 3 nitrogen and oxygen atoms in total. The number of allylic oxidation sites excluding steroid dienone is 1. The number of anilines is 1. The molecule has 0 radical (unpaired) electrons. The molecule has 1 fully saturated rings. The predicted molar refractivity (Wildman–Crippen MR) is 83.8 cm³/mol. The number of rotatable bonds is 3. The van der Waals surface area contributed by atoms with Crippen LogP contribution in [0.1, 0.15) is 43.2 Å². The van der Waals surface area contributed by atoms with Gasteiger partial charge in [0.25, 0.3) is 0 Å². The van der Waals surface area contributed by atoms with E-state index in [2.05, 4.69) is 22.8 Å².